The molecule has 0 aromatic rings. The van der Waals surface area contributed by atoms with Crippen LogP contribution in [0.3, 0.4) is 0 Å². The normalized spacial score (nSPS) is 24.4. The highest BCUT2D eigenvalue weighted by atomic mass is 16.5. The van der Waals surface area contributed by atoms with Crippen LogP contribution in [-0.2, 0) is 4.74 Å². The van der Waals surface area contributed by atoms with Crippen molar-refractivity contribution < 1.29 is 9.84 Å². The number of nitrogens with one attached hydrogen (secondary N) is 1. The van der Waals surface area contributed by atoms with Gasteiger partial charge in [-0.1, -0.05) is 13.8 Å². The van der Waals surface area contributed by atoms with E-state index in [2.05, 4.69) is 24.1 Å². The fourth-order valence-electron chi connectivity index (χ4n) is 1.65. The van der Waals surface area contributed by atoms with E-state index < -0.39 is 0 Å². The molecule has 0 bridgehead atoms. The zero-order valence-electron chi connectivity index (χ0n) is 9.20. The van der Waals surface area contributed by atoms with Gasteiger partial charge in [0.2, 0.25) is 0 Å². The van der Waals surface area contributed by atoms with E-state index >= 15 is 0 Å². The number of nitrogens with zero attached hydrogens (tertiary/aromatic N) is 1. The Labute approximate surface area is 86.2 Å². The number of ether oxygens (including phenoxy) is 1. The number of morpholine rings is 1. The highest BCUT2D eigenvalue weighted by Gasteiger charge is 2.21. The van der Waals surface area contributed by atoms with Gasteiger partial charge in [0.05, 0.1) is 25.9 Å². The van der Waals surface area contributed by atoms with Gasteiger partial charge < -0.3 is 15.2 Å². The van der Waals surface area contributed by atoms with E-state index in [0.717, 1.165) is 26.2 Å². The third kappa shape index (κ3) is 3.92. The topological polar surface area (TPSA) is 44.7 Å². The van der Waals surface area contributed by atoms with Crippen LogP contribution >= 0.6 is 0 Å². The average molecular weight is 202 g/mol. The van der Waals surface area contributed by atoms with E-state index in [1.165, 1.54) is 0 Å². The van der Waals surface area contributed by atoms with Gasteiger partial charge in [0.15, 0.2) is 0 Å². The molecule has 1 aliphatic heterocycles. The first-order valence-electron chi connectivity index (χ1n) is 5.40. The molecule has 14 heavy (non-hydrogen) atoms. The SMILES string of the molecule is CC(C)NCCN1CCOCC1CO. The van der Waals surface area contributed by atoms with E-state index in [1.54, 1.807) is 0 Å². The van der Waals surface area contributed by atoms with Gasteiger partial charge in [-0.2, -0.15) is 0 Å². The second kappa shape index (κ2) is 6.35. The summed E-state index contributed by atoms with van der Waals surface area (Å²) < 4.78 is 5.31. The number of hydrogen-bond donors (Lipinski definition) is 2. The summed E-state index contributed by atoms with van der Waals surface area (Å²) in [5.74, 6) is 0. The van der Waals surface area contributed by atoms with Gasteiger partial charge in [0.1, 0.15) is 0 Å². The molecule has 4 nitrogen and oxygen atoms in total. The summed E-state index contributed by atoms with van der Waals surface area (Å²) in [4.78, 5) is 2.29. The van der Waals surface area contributed by atoms with Crippen LogP contribution in [0.15, 0.2) is 0 Å². The minimum atomic E-state index is 0.192. The van der Waals surface area contributed by atoms with E-state index in [-0.39, 0.29) is 12.6 Å². The molecule has 2 N–H and O–H groups in total. The molecule has 0 spiro atoms. The molecular formula is C10H22N2O2. The lowest BCUT2D eigenvalue weighted by molar-refractivity contribution is -0.0267. The zero-order chi connectivity index (χ0) is 10.4. The van der Waals surface area contributed by atoms with Crippen molar-refractivity contribution >= 4 is 0 Å². The quantitative estimate of drug-likeness (QED) is 0.641. The Balaban J connectivity index is 2.19. The molecule has 0 aromatic heterocycles. The summed E-state index contributed by atoms with van der Waals surface area (Å²) in [7, 11) is 0. The Bertz CT molecular complexity index is 153. The minimum Gasteiger partial charge on any atom is -0.395 e. The first kappa shape index (κ1) is 11.9. The van der Waals surface area contributed by atoms with Gasteiger partial charge in [-0.3, -0.25) is 4.90 Å². The maximum atomic E-state index is 9.13. The Morgan fingerprint density at radius 2 is 2.36 bits per heavy atom. The summed E-state index contributed by atoms with van der Waals surface area (Å²) in [5, 5.41) is 12.5. The van der Waals surface area contributed by atoms with Crippen LogP contribution in [0.1, 0.15) is 13.8 Å². The first-order valence-corrected chi connectivity index (χ1v) is 5.40. The molecular weight excluding hydrogens is 180 g/mol. The number of aliphatic hydroxyl groups is 1. The van der Waals surface area contributed by atoms with Crippen LogP contribution in [0, 0.1) is 0 Å². The minimum absolute atomic E-state index is 0.192. The Kier molecular flexibility index (Phi) is 5.40. The second-order valence-corrected chi connectivity index (χ2v) is 4.06. The molecule has 1 atom stereocenters. The molecule has 1 aliphatic rings. The number of aliphatic hydroxyl groups excluding tert-OH is 1. The first-order chi connectivity index (χ1) is 6.74. The van der Waals surface area contributed by atoms with Gasteiger partial charge in [0.25, 0.3) is 0 Å². The summed E-state index contributed by atoms with van der Waals surface area (Å²) in [6.07, 6.45) is 0. The van der Waals surface area contributed by atoms with Crippen LogP contribution in [0.25, 0.3) is 0 Å². The van der Waals surface area contributed by atoms with Crippen molar-refractivity contribution in [2.45, 2.75) is 25.9 Å². The lowest BCUT2D eigenvalue weighted by atomic mass is 10.2. The van der Waals surface area contributed by atoms with Crippen LogP contribution in [0.5, 0.6) is 0 Å². The zero-order valence-corrected chi connectivity index (χ0v) is 9.20. The van der Waals surface area contributed by atoms with Crippen LogP contribution < -0.4 is 5.32 Å². The average Bonchev–Trinajstić information content (AvgIpc) is 2.18. The number of rotatable bonds is 5. The Hall–Kier alpha value is -0.160. The predicted molar refractivity (Wildman–Crippen MR) is 56.4 cm³/mol. The maximum Gasteiger partial charge on any atom is 0.0644 e. The van der Waals surface area contributed by atoms with Crippen LogP contribution in [0.4, 0.5) is 0 Å². The number of hydrogen-bond acceptors (Lipinski definition) is 4. The summed E-state index contributed by atoms with van der Waals surface area (Å²) in [6, 6.07) is 0.723. The lowest BCUT2D eigenvalue weighted by Gasteiger charge is -2.34. The van der Waals surface area contributed by atoms with E-state index in [1.807, 2.05) is 0 Å². The predicted octanol–water partition coefficient (Wildman–Crippen LogP) is -0.322. The standard InChI is InChI=1S/C10H22N2O2/c1-9(2)11-3-4-12-5-6-14-8-10(12)7-13/h9-11,13H,3-8H2,1-2H3. The molecule has 1 heterocycles. The molecule has 0 aromatic carbocycles. The van der Waals surface area contributed by atoms with Crippen molar-refractivity contribution in [1.29, 1.82) is 0 Å². The van der Waals surface area contributed by atoms with Crippen LogP contribution in [0.2, 0.25) is 0 Å². The molecule has 1 saturated heterocycles. The molecule has 1 fully saturated rings. The van der Waals surface area contributed by atoms with Crippen molar-refractivity contribution in [2.75, 3.05) is 39.5 Å². The third-order valence-corrected chi connectivity index (χ3v) is 2.51. The Morgan fingerprint density at radius 3 is 3.00 bits per heavy atom. The van der Waals surface area contributed by atoms with Crippen molar-refractivity contribution in [3.63, 3.8) is 0 Å². The fourth-order valence-corrected chi connectivity index (χ4v) is 1.65. The highest BCUT2D eigenvalue weighted by Crippen LogP contribution is 2.04. The molecule has 1 rings (SSSR count). The smallest absolute Gasteiger partial charge is 0.0644 e. The van der Waals surface area contributed by atoms with Gasteiger partial charge >= 0.3 is 0 Å². The molecule has 0 radical (unpaired) electrons. The maximum absolute atomic E-state index is 9.13. The molecule has 0 saturated carbocycles. The summed E-state index contributed by atoms with van der Waals surface area (Å²) in [5.41, 5.74) is 0. The lowest BCUT2D eigenvalue weighted by Crippen LogP contribution is -2.50. The van der Waals surface area contributed by atoms with Crippen LogP contribution in [-0.4, -0.2) is 61.5 Å². The molecule has 1 unspecified atom stereocenters. The Morgan fingerprint density at radius 1 is 1.57 bits per heavy atom. The van der Waals surface area contributed by atoms with Gasteiger partial charge in [-0.25, -0.2) is 0 Å². The van der Waals surface area contributed by atoms with Gasteiger partial charge in [0, 0.05) is 25.7 Å². The van der Waals surface area contributed by atoms with Crippen molar-refractivity contribution in [3.05, 3.63) is 0 Å². The highest BCUT2D eigenvalue weighted by molar-refractivity contribution is 4.75. The molecule has 0 amide bonds. The second-order valence-electron chi connectivity index (χ2n) is 4.06. The van der Waals surface area contributed by atoms with Crippen molar-refractivity contribution in [3.8, 4) is 0 Å². The third-order valence-electron chi connectivity index (χ3n) is 2.51. The summed E-state index contributed by atoms with van der Waals surface area (Å²) >= 11 is 0. The van der Waals surface area contributed by atoms with E-state index in [9.17, 15) is 0 Å². The summed E-state index contributed by atoms with van der Waals surface area (Å²) in [6.45, 7) is 8.84. The van der Waals surface area contributed by atoms with E-state index in [4.69, 9.17) is 9.84 Å². The molecule has 4 heteroatoms. The van der Waals surface area contributed by atoms with Crippen molar-refractivity contribution in [1.82, 2.24) is 10.2 Å². The van der Waals surface area contributed by atoms with Gasteiger partial charge in [-0.05, 0) is 0 Å². The van der Waals surface area contributed by atoms with Gasteiger partial charge in [-0.15, -0.1) is 0 Å². The molecule has 0 aliphatic carbocycles. The fraction of sp³-hybridized carbons (Fsp3) is 1.00. The monoisotopic (exact) mass is 202 g/mol. The molecule has 84 valence electrons. The largest absolute Gasteiger partial charge is 0.395 e. The van der Waals surface area contributed by atoms with Crippen molar-refractivity contribution in [2.24, 2.45) is 0 Å². The van der Waals surface area contributed by atoms with E-state index in [0.29, 0.717) is 12.6 Å².